The minimum absolute atomic E-state index is 0.152. The maximum absolute atomic E-state index is 13.2. The SMILES string of the molecule is O=C1CCC(C2NCc3cc(C(=O)NC(=O)Nc4ccc(F)c(Cl)c4)ccc32)C(=O)N1. The first-order chi connectivity index (χ1) is 14.8. The van der Waals surface area contributed by atoms with Crippen molar-refractivity contribution in [1.29, 1.82) is 0 Å². The summed E-state index contributed by atoms with van der Waals surface area (Å²) in [5.41, 5.74) is 2.24. The van der Waals surface area contributed by atoms with E-state index in [4.69, 9.17) is 11.6 Å². The predicted octanol–water partition coefficient (Wildman–Crippen LogP) is 2.64. The molecule has 1 fully saturated rings. The van der Waals surface area contributed by atoms with Crippen molar-refractivity contribution in [1.82, 2.24) is 16.0 Å². The minimum Gasteiger partial charge on any atom is -0.308 e. The van der Waals surface area contributed by atoms with Gasteiger partial charge in [0, 0.05) is 30.3 Å². The number of fused-ring (bicyclic) bond motifs is 1. The molecule has 8 nitrogen and oxygen atoms in total. The summed E-state index contributed by atoms with van der Waals surface area (Å²) in [5, 5.41) is 10.1. The summed E-state index contributed by atoms with van der Waals surface area (Å²) in [5.74, 6) is -2.18. The number of anilines is 1. The number of hydrogen-bond acceptors (Lipinski definition) is 5. The molecule has 0 saturated carbocycles. The van der Waals surface area contributed by atoms with Crippen LogP contribution in [0.25, 0.3) is 0 Å². The molecular weight excluding hydrogens is 427 g/mol. The average molecular weight is 445 g/mol. The first-order valence-electron chi connectivity index (χ1n) is 9.59. The highest BCUT2D eigenvalue weighted by molar-refractivity contribution is 6.31. The molecule has 2 aromatic carbocycles. The normalized spacial score (nSPS) is 20.1. The lowest BCUT2D eigenvalue weighted by Crippen LogP contribution is -2.44. The lowest BCUT2D eigenvalue weighted by Gasteiger charge is -2.26. The molecule has 4 N–H and O–H groups in total. The zero-order chi connectivity index (χ0) is 22.1. The number of benzene rings is 2. The molecule has 0 aliphatic carbocycles. The predicted molar refractivity (Wildman–Crippen MR) is 110 cm³/mol. The fourth-order valence-electron chi connectivity index (χ4n) is 3.83. The molecule has 2 unspecified atom stereocenters. The highest BCUT2D eigenvalue weighted by Crippen LogP contribution is 2.35. The van der Waals surface area contributed by atoms with Crippen LogP contribution in [-0.4, -0.2) is 23.8 Å². The van der Waals surface area contributed by atoms with E-state index in [1.807, 2.05) is 0 Å². The van der Waals surface area contributed by atoms with E-state index in [1.54, 1.807) is 18.2 Å². The maximum atomic E-state index is 13.2. The van der Waals surface area contributed by atoms with Crippen LogP contribution in [-0.2, 0) is 16.1 Å². The standard InChI is InChI=1S/C21H18ClFN4O4/c22-15-8-12(2-5-16(15)23)25-21(31)27-19(29)10-1-3-13-11(7-10)9-24-18(13)14-4-6-17(28)26-20(14)30/h1-3,5,7-8,14,18,24H,4,6,9H2,(H,26,28,30)(H2,25,27,29,31). The van der Waals surface area contributed by atoms with Crippen LogP contribution in [0.3, 0.4) is 0 Å². The molecule has 2 aliphatic heterocycles. The topological polar surface area (TPSA) is 116 Å². The number of carbonyl (C=O) groups is 4. The summed E-state index contributed by atoms with van der Waals surface area (Å²) in [6.07, 6.45) is 0.746. The van der Waals surface area contributed by atoms with Gasteiger partial charge < -0.3 is 10.6 Å². The van der Waals surface area contributed by atoms with E-state index in [9.17, 15) is 23.6 Å². The molecule has 2 atom stereocenters. The van der Waals surface area contributed by atoms with E-state index in [0.717, 1.165) is 17.2 Å². The van der Waals surface area contributed by atoms with Crippen LogP contribution in [0.15, 0.2) is 36.4 Å². The number of amides is 5. The first-order valence-corrected chi connectivity index (χ1v) is 9.97. The fourth-order valence-corrected chi connectivity index (χ4v) is 4.01. The summed E-state index contributed by atoms with van der Waals surface area (Å²) in [7, 11) is 0. The Bertz CT molecular complexity index is 1110. The van der Waals surface area contributed by atoms with Gasteiger partial charge in [0.05, 0.1) is 10.9 Å². The van der Waals surface area contributed by atoms with Crippen molar-refractivity contribution < 1.29 is 23.6 Å². The smallest absolute Gasteiger partial charge is 0.308 e. The summed E-state index contributed by atoms with van der Waals surface area (Å²) < 4.78 is 13.2. The molecule has 10 heteroatoms. The van der Waals surface area contributed by atoms with Gasteiger partial charge in [-0.3, -0.25) is 25.0 Å². The Balaban J connectivity index is 1.42. The van der Waals surface area contributed by atoms with Gasteiger partial charge in [-0.25, -0.2) is 9.18 Å². The monoisotopic (exact) mass is 444 g/mol. The van der Waals surface area contributed by atoms with Crippen molar-refractivity contribution in [2.75, 3.05) is 5.32 Å². The van der Waals surface area contributed by atoms with Gasteiger partial charge in [0.2, 0.25) is 11.8 Å². The molecular formula is C21H18ClFN4O4. The van der Waals surface area contributed by atoms with Crippen molar-refractivity contribution in [3.05, 3.63) is 63.9 Å². The molecule has 31 heavy (non-hydrogen) atoms. The Morgan fingerprint density at radius 3 is 2.68 bits per heavy atom. The third-order valence-corrected chi connectivity index (χ3v) is 5.63. The van der Waals surface area contributed by atoms with Gasteiger partial charge >= 0.3 is 6.03 Å². The molecule has 160 valence electrons. The van der Waals surface area contributed by atoms with Gasteiger partial charge in [-0.2, -0.15) is 0 Å². The largest absolute Gasteiger partial charge is 0.326 e. The van der Waals surface area contributed by atoms with Crippen molar-refractivity contribution in [3.63, 3.8) is 0 Å². The Kier molecular flexibility index (Phi) is 5.71. The van der Waals surface area contributed by atoms with Gasteiger partial charge in [0.25, 0.3) is 5.91 Å². The van der Waals surface area contributed by atoms with Gasteiger partial charge in [0.15, 0.2) is 0 Å². The van der Waals surface area contributed by atoms with Gasteiger partial charge in [0.1, 0.15) is 5.82 Å². The number of nitrogens with one attached hydrogen (secondary N) is 4. The second kappa shape index (κ2) is 8.44. The molecule has 4 rings (SSSR count). The second-order valence-electron chi connectivity index (χ2n) is 7.37. The Labute approximate surface area is 181 Å². The third-order valence-electron chi connectivity index (χ3n) is 5.34. The summed E-state index contributed by atoms with van der Waals surface area (Å²) in [4.78, 5) is 48.1. The van der Waals surface area contributed by atoms with E-state index in [-0.39, 0.29) is 40.0 Å². The van der Waals surface area contributed by atoms with Crippen molar-refractivity contribution >= 4 is 41.0 Å². The van der Waals surface area contributed by atoms with Crippen LogP contribution >= 0.6 is 11.6 Å². The highest BCUT2D eigenvalue weighted by Gasteiger charge is 2.37. The number of piperidine rings is 1. The molecule has 2 aliphatic rings. The average Bonchev–Trinajstić information content (AvgIpc) is 3.13. The van der Waals surface area contributed by atoms with Crippen LogP contribution in [0.1, 0.15) is 40.4 Å². The zero-order valence-corrected chi connectivity index (χ0v) is 16.9. The van der Waals surface area contributed by atoms with Crippen molar-refractivity contribution in [3.8, 4) is 0 Å². The van der Waals surface area contributed by atoms with Crippen LogP contribution in [0.2, 0.25) is 5.02 Å². The van der Waals surface area contributed by atoms with Gasteiger partial charge in [-0.05, 0) is 47.9 Å². The molecule has 0 spiro atoms. The molecule has 2 heterocycles. The van der Waals surface area contributed by atoms with Crippen LogP contribution in [0, 0.1) is 11.7 Å². The van der Waals surface area contributed by atoms with Crippen LogP contribution in [0.5, 0.6) is 0 Å². The highest BCUT2D eigenvalue weighted by atomic mass is 35.5. The van der Waals surface area contributed by atoms with Gasteiger partial charge in [-0.15, -0.1) is 0 Å². The molecule has 0 bridgehead atoms. The second-order valence-corrected chi connectivity index (χ2v) is 7.77. The fraction of sp³-hybridized carbons (Fsp3) is 0.238. The number of rotatable bonds is 3. The number of imide groups is 2. The van der Waals surface area contributed by atoms with Gasteiger partial charge in [-0.1, -0.05) is 17.7 Å². The van der Waals surface area contributed by atoms with E-state index in [2.05, 4.69) is 21.3 Å². The van der Waals surface area contributed by atoms with E-state index < -0.39 is 17.8 Å². The Morgan fingerprint density at radius 2 is 1.94 bits per heavy atom. The summed E-state index contributed by atoms with van der Waals surface area (Å²) >= 11 is 5.68. The number of hydrogen-bond donors (Lipinski definition) is 4. The molecule has 1 saturated heterocycles. The Hall–Kier alpha value is -3.30. The third kappa shape index (κ3) is 4.42. The number of halogens is 2. The lowest BCUT2D eigenvalue weighted by atomic mass is 9.86. The Morgan fingerprint density at radius 1 is 1.13 bits per heavy atom. The minimum atomic E-state index is -0.785. The first kappa shape index (κ1) is 21.0. The summed E-state index contributed by atoms with van der Waals surface area (Å²) in [6.45, 7) is 0.457. The van der Waals surface area contributed by atoms with E-state index in [0.29, 0.717) is 19.4 Å². The number of carbonyl (C=O) groups excluding carboxylic acids is 4. The van der Waals surface area contributed by atoms with Crippen LogP contribution in [0.4, 0.5) is 14.9 Å². The number of urea groups is 1. The van der Waals surface area contributed by atoms with Crippen molar-refractivity contribution in [2.24, 2.45) is 5.92 Å². The maximum Gasteiger partial charge on any atom is 0.326 e. The molecule has 0 radical (unpaired) electrons. The quantitative estimate of drug-likeness (QED) is 0.543. The van der Waals surface area contributed by atoms with E-state index >= 15 is 0 Å². The van der Waals surface area contributed by atoms with E-state index in [1.165, 1.54) is 12.1 Å². The van der Waals surface area contributed by atoms with Crippen LogP contribution < -0.4 is 21.3 Å². The summed E-state index contributed by atoms with van der Waals surface area (Å²) in [6, 6.07) is 7.61. The zero-order valence-electron chi connectivity index (χ0n) is 16.1. The molecule has 5 amide bonds. The lowest BCUT2D eigenvalue weighted by molar-refractivity contribution is -0.137. The molecule has 0 aromatic heterocycles. The molecule has 2 aromatic rings. The van der Waals surface area contributed by atoms with Crippen molar-refractivity contribution in [2.45, 2.75) is 25.4 Å².